The van der Waals surface area contributed by atoms with Crippen LogP contribution in [-0.4, -0.2) is 31.1 Å². The Kier molecular flexibility index (Phi) is 6.45. The molecule has 0 radical (unpaired) electrons. The summed E-state index contributed by atoms with van der Waals surface area (Å²) < 4.78 is 16.2. The number of amides is 3. The van der Waals surface area contributed by atoms with Crippen molar-refractivity contribution in [3.8, 4) is 5.75 Å². The van der Waals surface area contributed by atoms with Crippen LogP contribution in [0.25, 0.3) is 11.0 Å². The average Bonchev–Trinajstić information content (AvgIpc) is 3.36. The van der Waals surface area contributed by atoms with Crippen molar-refractivity contribution in [1.29, 1.82) is 0 Å². The Morgan fingerprint density at radius 1 is 1.09 bits per heavy atom. The lowest BCUT2D eigenvalue weighted by atomic mass is 9.95. The second-order valence-electron chi connectivity index (χ2n) is 7.26. The van der Waals surface area contributed by atoms with Gasteiger partial charge in [0.15, 0.2) is 17.1 Å². The molecule has 168 valence electrons. The van der Waals surface area contributed by atoms with Gasteiger partial charge in [-0.25, -0.2) is 4.79 Å². The van der Waals surface area contributed by atoms with Crippen molar-refractivity contribution in [3.05, 3.63) is 46.0 Å². The fourth-order valence-electron chi connectivity index (χ4n) is 3.80. The topological polar surface area (TPSA) is 107 Å². The summed E-state index contributed by atoms with van der Waals surface area (Å²) in [4.78, 5) is 38.7. The third kappa shape index (κ3) is 4.34. The number of benzene rings is 1. The number of anilines is 1. The Labute approximate surface area is 188 Å². The molecule has 0 fully saturated rings. The summed E-state index contributed by atoms with van der Waals surface area (Å²) in [6, 6.07) is 7.08. The molecule has 2 N–H and O–H groups in total. The second-order valence-corrected chi connectivity index (χ2v) is 8.37. The summed E-state index contributed by atoms with van der Waals surface area (Å²) in [5.74, 6) is -0.394. The van der Waals surface area contributed by atoms with Crippen LogP contribution in [0.2, 0.25) is 0 Å². The number of hydrogen-bond donors (Lipinski definition) is 2. The van der Waals surface area contributed by atoms with Gasteiger partial charge in [0.1, 0.15) is 5.00 Å². The van der Waals surface area contributed by atoms with Gasteiger partial charge in [0.25, 0.3) is 11.8 Å². The molecule has 1 aromatic carbocycles. The average molecular weight is 457 g/mol. The number of thiophene rings is 1. The van der Waals surface area contributed by atoms with E-state index >= 15 is 0 Å². The number of imide groups is 1. The number of carbonyl (C=O) groups is 3. The molecule has 32 heavy (non-hydrogen) atoms. The predicted molar refractivity (Wildman–Crippen MR) is 121 cm³/mol. The molecule has 9 heteroatoms. The largest absolute Gasteiger partial charge is 0.490 e. The van der Waals surface area contributed by atoms with Crippen LogP contribution in [0.15, 0.2) is 28.7 Å². The molecule has 2 heterocycles. The molecule has 1 aliphatic carbocycles. The Morgan fingerprint density at radius 3 is 2.69 bits per heavy atom. The zero-order chi connectivity index (χ0) is 22.7. The van der Waals surface area contributed by atoms with Crippen LogP contribution in [-0.2, 0) is 17.6 Å². The van der Waals surface area contributed by atoms with Crippen LogP contribution in [0.3, 0.4) is 0 Å². The third-order valence-electron chi connectivity index (χ3n) is 5.15. The number of hydrogen-bond acceptors (Lipinski definition) is 7. The SMILES string of the molecule is CCOC(=O)NC(=O)c1c(NC(=O)c2cc3cccc(OCC)c3o2)sc2c1CCCC2. The van der Waals surface area contributed by atoms with Crippen molar-refractivity contribution in [3.63, 3.8) is 0 Å². The summed E-state index contributed by atoms with van der Waals surface area (Å²) in [7, 11) is 0. The Balaban J connectivity index is 1.64. The zero-order valence-corrected chi connectivity index (χ0v) is 18.7. The normalized spacial score (nSPS) is 12.8. The summed E-state index contributed by atoms with van der Waals surface area (Å²) in [5, 5.41) is 6.20. The maximum absolute atomic E-state index is 13.0. The molecule has 1 aliphatic rings. The predicted octanol–water partition coefficient (Wildman–Crippen LogP) is 4.91. The molecular weight excluding hydrogens is 432 g/mol. The molecule has 0 saturated heterocycles. The molecule has 3 amide bonds. The minimum atomic E-state index is -0.814. The Morgan fingerprint density at radius 2 is 1.91 bits per heavy atom. The summed E-state index contributed by atoms with van der Waals surface area (Å²) in [6.45, 7) is 4.16. The fraction of sp³-hybridized carbons (Fsp3) is 0.348. The summed E-state index contributed by atoms with van der Waals surface area (Å²) in [5.41, 5.74) is 1.68. The van der Waals surface area contributed by atoms with Crippen LogP contribution in [0.1, 0.15) is 58.0 Å². The first-order valence-electron chi connectivity index (χ1n) is 10.6. The lowest BCUT2D eigenvalue weighted by Crippen LogP contribution is -2.32. The quantitative estimate of drug-likeness (QED) is 0.546. The molecule has 8 nitrogen and oxygen atoms in total. The number of furan rings is 1. The molecule has 0 atom stereocenters. The van der Waals surface area contributed by atoms with E-state index in [0.29, 0.717) is 28.5 Å². The first-order valence-corrected chi connectivity index (χ1v) is 11.4. The summed E-state index contributed by atoms with van der Waals surface area (Å²) >= 11 is 1.36. The van der Waals surface area contributed by atoms with E-state index in [1.165, 1.54) is 11.3 Å². The molecule has 0 bridgehead atoms. The van der Waals surface area contributed by atoms with Gasteiger partial charge >= 0.3 is 6.09 Å². The standard InChI is InChI=1S/C23H24N2O6S/c1-3-29-15-10-7-8-13-12-16(31-19(13)15)20(26)24-22-18(21(27)25-23(28)30-4-2)14-9-5-6-11-17(14)32-22/h7-8,10,12H,3-6,9,11H2,1-2H3,(H,24,26)(H,25,27,28). The number of carbonyl (C=O) groups excluding carboxylic acids is 3. The number of para-hydroxylation sites is 1. The van der Waals surface area contributed by atoms with E-state index in [1.54, 1.807) is 19.1 Å². The highest BCUT2D eigenvalue weighted by molar-refractivity contribution is 7.17. The maximum atomic E-state index is 13.0. The van der Waals surface area contributed by atoms with E-state index in [-0.39, 0.29) is 12.4 Å². The molecule has 0 spiro atoms. The fourth-order valence-corrected chi connectivity index (χ4v) is 5.08. The maximum Gasteiger partial charge on any atom is 0.414 e. The second kappa shape index (κ2) is 9.44. The molecule has 2 aromatic heterocycles. The first-order chi connectivity index (χ1) is 15.5. The molecule has 0 saturated carbocycles. The van der Waals surface area contributed by atoms with Crippen molar-refractivity contribution in [1.82, 2.24) is 5.32 Å². The van der Waals surface area contributed by atoms with Crippen molar-refractivity contribution >= 4 is 45.2 Å². The van der Waals surface area contributed by atoms with Gasteiger partial charge in [0.05, 0.1) is 18.8 Å². The van der Waals surface area contributed by atoms with E-state index in [0.717, 1.165) is 41.5 Å². The van der Waals surface area contributed by atoms with Crippen molar-refractivity contribution in [2.75, 3.05) is 18.5 Å². The van der Waals surface area contributed by atoms with Crippen molar-refractivity contribution < 1.29 is 28.3 Å². The van der Waals surface area contributed by atoms with Gasteiger partial charge in [-0.05, 0) is 57.2 Å². The van der Waals surface area contributed by atoms with Gasteiger partial charge in [-0.2, -0.15) is 0 Å². The van der Waals surface area contributed by atoms with Gasteiger partial charge in [-0.1, -0.05) is 12.1 Å². The van der Waals surface area contributed by atoms with E-state index in [1.807, 2.05) is 19.1 Å². The number of rotatable bonds is 6. The van der Waals surface area contributed by atoms with E-state index in [4.69, 9.17) is 13.9 Å². The van der Waals surface area contributed by atoms with Crippen LogP contribution < -0.4 is 15.4 Å². The highest BCUT2D eigenvalue weighted by atomic mass is 32.1. The number of ether oxygens (including phenoxy) is 2. The Bertz CT molecular complexity index is 1180. The Hall–Kier alpha value is -3.33. The van der Waals surface area contributed by atoms with Crippen molar-refractivity contribution in [2.24, 2.45) is 0 Å². The highest BCUT2D eigenvalue weighted by Crippen LogP contribution is 2.38. The molecular formula is C23H24N2O6S. The third-order valence-corrected chi connectivity index (χ3v) is 6.36. The monoisotopic (exact) mass is 456 g/mol. The van der Waals surface area contributed by atoms with E-state index in [2.05, 4.69) is 10.6 Å². The van der Waals surface area contributed by atoms with Gasteiger partial charge in [-0.15, -0.1) is 11.3 Å². The molecule has 0 unspecified atom stereocenters. The highest BCUT2D eigenvalue weighted by Gasteiger charge is 2.28. The van der Waals surface area contributed by atoms with Crippen LogP contribution in [0.4, 0.5) is 9.80 Å². The van der Waals surface area contributed by atoms with Gasteiger partial charge in [0, 0.05) is 10.3 Å². The van der Waals surface area contributed by atoms with E-state index < -0.39 is 17.9 Å². The number of fused-ring (bicyclic) bond motifs is 2. The van der Waals surface area contributed by atoms with Crippen LogP contribution >= 0.6 is 11.3 Å². The lowest BCUT2D eigenvalue weighted by Gasteiger charge is -2.12. The van der Waals surface area contributed by atoms with Crippen LogP contribution in [0, 0.1) is 0 Å². The number of alkyl carbamates (subject to hydrolysis) is 1. The van der Waals surface area contributed by atoms with Gasteiger partial charge in [0.2, 0.25) is 0 Å². The lowest BCUT2D eigenvalue weighted by molar-refractivity contribution is 0.0925. The van der Waals surface area contributed by atoms with Gasteiger partial charge in [-0.3, -0.25) is 14.9 Å². The smallest absolute Gasteiger partial charge is 0.414 e. The zero-order valence-electron chi connectivity index (χ0n) is 17.9. The number of aryl methyl sites for hydroxylation is 1. The van der Waals surface area contributed by atoms with E-state index in [9.17, 15) is 14.4 Å². The van der Waals surface area contributed by atoms with Crippen molar-refractivity contribution in [2.45, 2.75) is 39.5 Å². The minimum absolute atomic E-state index is 0.107. The molecule has 3 aromatic rings. The summed E-state index contributed by atoms with van der Waals surface area (Å²) in [6.07, 6.45) is 2.70. The molecule has 4 rings (SSSR count). The number of nitrogens with one attached hydrogen (secondary N) is 2. The minimum Gasteiger partial charge on any atom is -0.490 e. The van der Waals surface area contributed by atoms with Crippen LogP contribution in [0.5, 0.6) is 5.75 Å². The molecule has 0 aliphatic heterocycles. The first kappa shape index (κ1) is 21.9. The van der Waals surface area contributed by atoms with Gasteiger partial charge < -0.3 is 19.2 Å².